The summed E-state index contributed by atoms with van der Waals surface area (Å²) in [6.07, 6.45) is 10.3. The molecule has 1 aromatic carbocycles. The molecule has 0 spiro atoms. The summed E-state index contributed by atoms with van der Waals surface area (Å²) in [5.74, 6) is 0.841. The topological polar surface area (TPSA) is 49.4 Å². The molecule has 2 aliphatic heterocycles. The number of hydrogen-bond acceptors (Lipinski definition) is 6. The number of thioether (sulfide) groups is 1. The Balaban J connectivity index is 1.28. The van der Waals surface area contributed by atoms with Crippen LogP contribution in [0.4, 0.5) is 5.82 Å². The van der Waals surface area contributed by atoms with E-state index in [-0.39, 0.29) is 0 Å². The Morgan fingerprint density at radius 1 is 1.24 bits per heavy atom. The maximum Gasteiger partial charge on any atom is 0.128 e. The summed E-state index contributed by atoms with van der Waals surface area (Å²) in [5.41, 5.74) is 1.15. The SMILES string of the molecule is C=C(S/C(C)=C\C)c1ccc2cnc(NCOCN3[C@@H]4CC[C@H]3CC(NCCC)C4)cc2c1. The number of benzene rings is 1. The predicted molar refractivity (Wildman–Crippen MR) is 142 cm³/mol. The summed E-state index contributed by atoms with van der Waals surface area (Å²) < 4.78 is 6.04. The quantitative estimate of drug-likeness (QED) is 0.304. The monoisotopic (exact) mass is 466 g/mol. The number of fused-ring (bicyclic) bond motifs is 3. The zero-order chi connectivity index (χ0) is 23.2. The fourth-order valence-corrected chi connectivity index (χ4v) is 5.75. The molecule has 0 radical (unpaired) electrons. The summed E-state index contributed by atoms with van der Waals surface area (Å²) >= 11 is 1.71. The van der Waals surface area contributed by atoms with Crippen molar-refractivity contribution in [3.63, 3.8) is 0 Å². The van der Waals surface area contributed by atoms with Crippen LogP contribution >= 0.6 is 11.8 Å². The average Bonchev–Trinajstić information content (AvgIpc) is 3.06. The Labute approximate surface area is 203 Å². The van der Waals surface area contributed by atoms with Crippen molar-refractivity contribution in [3.05, 3.63) is 53.6 Å². The second-order valence-corrected chi connectivity index (χ2v) is 10.6. The molecule has 2 fully saturated rings. The lowest BCUT2D eigenvalue weighted by atomic mass is 9.98. The molecule has 178 valence electrons. The van der Waals surface area contributed by atoms with Crippen molar-refractivity contribution in [2.24, 2.45) is 0 Å². The van der Waals surface area contributed by atoms with Gasteiger partial charge in [0.05, 0.1) is 0 Å². The molecule has 0 aliphatic carbocycles. The molecule has 4 rings (SSSR count). The normalized spacial score (nSPS) is 23.2. The number of piperidine rings is 1. The van der Waals surface area contributed by atoms with Crippen molar-refractivity contribution in [2.45, 2.75) is 71.0 Å². The van der Waals surface area contributed by atoms with Crippen LogP contribution < -0.4 is 10.6 Å². The maximum absolute atomic E-state index is 6.04. The highest BCUT2D eigenvalue weighted by atomic mass is 32.2. The Bertz CT molecular complexity index is 977. The van der Waals surface area contributed by atoms with Crippen LogP contribution in [0, 0.1) is 0 Å². The summed E-state index contributed by atoms with van der Waals surface area (Å²) in [4.78, 5) is 9.44. The fraction of sp³-hybridized carbons (Fsp3) is 0.519. The molecular formula is C27H38N4OS. The number of pyridine rings is 1. The lowest BCUT2D eigenvalue weighted by Gasteiger charge is -2.39. The first-order valence-corrected chi connectivity index (χ1v) is 13.1. The van der Waals surface area contributed by atoms with E-state index in [0.717, 1.165) is 33.6 Å². The van der Waals surface area contributed by atoms with Gasteiger partial charge in [-0.1, -0.05) is 43.5 Å². The van der Waals surface area contributed by atoms with Crippen molar-refractivity contribution in [1.29, 1.82) is 0 Å². The molecule has 2 aliphatic rings. The maximum atomic E-state index is 6.04. The van der Waals surface area contributed by atoms with E-state index < -0.39 is 0 Å². The van der Waals surface area contributed by atoms with Gasteiger partial charge in [-0.15, -0.1) is 0 Å². The second kappa shape index (κ2) is 11.5. The van der Waals surface area contributed by atoms with Gasteiger partial charge in [-0.25, -0.2) is 4.98 Å². The van der Waals surface area contributed by atoms with Crippen molar-refractivity contribution >= 4 is 33.3 Å². The largest absolute Gasteiger partial charge is 0.347 e. The number of nitrogens with zero attached hydrogens (tertiary/aromatic N) is 2. The molecule has 3 heterocycles. The molecule has 1 aromatic heterocycles. The van der Waals surface area contributed by atoms with Crippen LogP contribution in [-0.2, 0) is 4.74 Å². The molecule has 2 bridgehead atoms. The van der Waals surface area contributed by atoms with Gasteiger partial charge in [0.2, 0.25) is 0 Å². The van der Waals surface area contributed by atoms with Gasteiger partial charge in [-0.2, -0.15) is 0 Å². The van der Waals surface area contributed by atoms with Crippen LogP contribution in [0.1, 0.15) is 58.4 Å². The van der Waals surface area contributed by atoms with E-state index in [0.29, 0.717) is 31.6 Å². The van der Waals surface area contributed by atoms with E-state index in [1.54, 1.807) is 11.8 Å². The Hall–Kier alpha value is -1.86. The van der Waals surface area contributed by atoms with Gasteiger partial charge >= 0.3 is 0 Å². The van der Waals surface area contributed by atoms with Crippen molar-refractivity contribution in [1.82, 2.24) is 15.2 Å². The third-order valence-electron chi connectivity index (χ3n) is 6.90. The van der Waals surface area contributed by atoms with Crippen LogP contribution in [-0.4, -0.2) is 48.0 Å². The van der Waals surface area contributed by atoms with Gasteiger partial charge in [0.15, 0.2) is 0 Å². The second-order valence-electron chi connectivity index (χ2n) is 9.23. The molecule has 3 atom stereocenters. The van der Waals surface area contributed by atoms with Crippen LogP contribution in [0.3, 0.4) is 0 Å². The van der Waals surface area contributed by atoms with E-state index in [1.165, 1.54) is 37.0 Å². The van der Waals surface area contributed by atoms with E-state index >= 15 is 0 Å². The highest BCUT2D eigenvalue weighted by Gasteiger charge is 2.40. The van der Waals surface area contributed by atoms with Crippen LogP contribution in [0.25, 0.3) is 15.7 Å². The standard InChI is InChI=1S/C27H38N4OS/c1-5-11-28-24-14-25-9-10-26(15-24)31(25)18-32-17-30-27-13-23-12-21(7-8-22(23)16-29-27)20(4)33-19(3)6-2/h6-8,12-13,16,24-26,28H,4-5,9-11,14-15,17-18H2,1-3H3,(H,29,30)/b19-6-/t24?,25-,26+. The van der Waals surface area contributed by atoms with E-state index in [1.807, 2.05) is 6.20 Å². The minimum absolute atomic E-state index is 0.467. The highest BCUT2D eigenvalue weighted by molar-refractivity contribution is 8.11. The minimum atomic E-state index is 0.467. The van der Waals surface area contributed by atoms with Gasteiger partial charge in [0.25, 0.3) is 0 Å². The summed E-state index contributed by atoms with van der Waals surface area (Å²) in [6.45, 7) is 12.9. The molecular weight excluding hydrogens is 428 g/mol. The molecule has 0 amide bonds. The molecule has 2 N–H and O–H groups in total. The smallest absolute Gasteiger partial charge is 0.128 e. The summed E-state index contributed by atoms with van der Waals surface area (Å²) in [7, 11) is 0. The summed E-state index contributed by atoms with van der Waals surface area (Å²) in [6, 6.07) is 10.5. The number of anilines is 1. The van der Waals surface area contributed by atoms with Gasteiger partial charge in [0.1, 0.15) is 19.3 Å². The predicted octanol–water partition coefficient (Wildman–Crippen LogP) is 6.20. The number of nitrogens with one attached hydrogen (secondary N) is 2. The first-order chi connectivity index (χ1) is 16.1. The van der Waals surface area contributed by atoms with Gasteiger partial charge in [0, 0.05) is 34.6 Å². The molecule has 33 heavy (non-hydrogen) atoms. The van der Waals surface area contributed by atoms with Crippen molar-refractivity contribution < 1.29 is 4.74 Å². The number of ether oxygens (including phenoxy) is 1. The Morgan fingerprint density at radius 3 is 2.76 bits per heavy atom. The van der Waals surface area contributed by atoms with E-state index in [9.17, 15) is 0 Å². The molecule has 2 saturated heterocycles. The average molecular weight is 467 g/mol. The van der Waals surface area contributed by atoms with E-state index in [2.05, 4.69) is 78.2 Å². The van der Waals surface area contributed by atoms with Crippen molar-refractivity contribution in [3.8, 4) is 0 Å². The number of aromatic nitrogens is 1. The Kier molecular flexibility index (Phi) is 8.47. The third kappa shape index (κ3) is 6.18. The van der Waals surface area contributed by atoms with Crippen LogP contribution in [0.15, 0.2) is 48.0 Å². The van der Waals surface area contributed by atoms with Crippen molar-refractivity contribution in [2.75, 3.05) is 25.3 Å². The third-order valence-corrected chi connectivity index (χ3v) is 7.94. The van der Waals surface area contributed by atoms with E-state index in [4.69, 9.17) is 4.74 Å². The molecule has 2 aromatic rings. The highest BCUT2D eigenvalue weighted by Crippen LogP contribution is 2.36. The zero-order valence-corrected chi connectivity index (χ0v) is 21.1. The molecule has 1 unspecified atom stereocenters. The summed E-state index contributed by atoms with van der Waals surface area (Å²) in [5, 5.41) is 9.35. The van der Waals surface area contributed by atoms with Crippen LogP contribution in [0.5, 0.6) is 0 Å². The molecule has 6 heteroatoms. The fourth-order valence-electron chi connectivity index (χ4n) is 5.00. The zero-order valence-electron chi connectivity index (χ0n) is 20.3. The Morgan fingerprint density at radius 2 is 2.03 bits per heavy atom. The number of rotatable bonds is 11. The molecule has 0 saturated carbocycles. The van der Waals surface area contributed by atoms with Gasteiger partial charge in [-0.3, -0.25) is 4.90 Å². The number of allylic oxidation sites excluding steroid dienone is 2. The first-order valence-electron chi connectivity index (χ1n) is 12.3. The first kappa shape index (κ1) is 24.3. The van der Waals surface area contributed by atoms with Gasteiger partial charge in [-0.05, 0) is 80.5 Å². The van der Waals surface area contributed by atoms with Crippen LogP contribution in [0.2, 0.25) is 0 Å². The minimum Gasteiger partial charge on any atom is -0.347 e. The lowest BCUT2D eigenvalue weighted by Crippen LogP contribution is -2.50. The lowest BCUT2D eigenvalue weighted by molar-refractivity contribution is -0.0142. The van der Waals surface area contributed by atoms with Gasteiger partial charge < -0.3 is 15.4 Å². The number of hydrogen-bond donors (Lipinski definition) is 2. The molecule has 5 nitrogen and oxygen atoms in total.